The SMILES string of the molecule is C=CCn1c(=O)c2c(ncn2CC)n(-c2ccc(C(C)C)cc2)c1=O. The normalized spacial score (nSPS) is 11.4. The van der Waals surface area contributed by atoms with E-state index in [2.05, 4.69) is 25.4 Å². The third-order valence-electron chi connectivity index (χ3n) is 4.37. The van der Waals surface area contributed by atoms with Crippen molar-refractivity contribution in [3.05, 3.63) is 69.6 Å². The summed E-state index contributed by atoms with van der Waals surface area (Å²) in [5.41, 5.74) is 1.95. The molecule has 6 heteroatoms. The van der Waals surface area contributed by atoms with Crippen molar-refractivity contribution in [2.24, 2.45) is 0 Å². The van der Waals surface area contributed by atoms with Gasteiger partial charge in [0.25, 0.3) is 5.56 Å². The van der Waals surface area contributed by atoms with Crippen LogP contribution in [0.25, 0.3) is 16.9 Å². The van der Waals surface area contributed by atoms with E-state index in [1.54, 1.807) is 17.0 Å². The highest BCUT2D eigenvalue weighted by Gasteiger charge is 2.18. The summed E-state index contributed by atoms with van der Waals surface area (Å²) < 4.78 is 4.45. The van der Waals surface area contributed by atoms with E-state index in [0.717, 1.165) is 0 Å². The van der Waals surface area contributed by atoms with Crippen LogP contribution in [0.15, 0.2) is 52.8 Å². The molecule has 1 aromatic carbocycles. The first-order chi connectivity index (χ1) is 12.0. The number of hydrogen-bond donors (Lipinski definition) is 0. The molecule has 0 bridgehead atoms. The Bertz CT molecular complexity index is 1040. The lowest BCUT2D eigenvalue weighted by atomic mass is 10.0. The largest absolute Gasteiger partial charge is 0.337 e. The fraction of sp³-hybridized carbons (Fsp3) is 0.316. The van der Waals surface area contributed by atoms with Gasteiger partial charge in [0.15, 0.2) is 11.2 Å². The first kappa shape index (κ1) is 17.0. The van der Waals surface area contributed by atoms with Crippen molar-refractivity contribution in [1.82, 2.24) is 18.7 Å². The van der Waals surface area contributed by atoms with E-state index in [4.69, 9.17) is 0 Å². The molecule has 0 fully saturated rings. The Hall–Kier alpha value is -2.89. The maximum atomic E-state index is 12.9. The number of hydrogen-bond acceptors (Lipinski definition) is 3. The van der Waals surface area contributed by atoms with Crippen molar-refractivity contribution in [3.8, 4) is 5.69 Å². The number of nitrogens with zero attached hydrogens (tertiary/aromatic N) is 4. The molecule has 0 N–H and O–H groups in total. The Morgan fingerprint density at radius 2 is 1.88 bits per heavy atom. The van der Waals surface area contributed by atoms with Crippen molar-refractivity contribution in [1.29, 1.82) is 0 Å². The molecule has 130 valence electrons. The molecule has 0 aliphatic carbocycles. The third-order valence-corrected chi connectivity index (χ3v) is 4.37. The number of allylic oxidation sites excluding steroid dienone is 1. The highest BCUT2D eigenvalue weighted by Crippen LogP contribution is 2.18. The summed E-state index contributed by atoms with van der Waals surface area (Å²) in [4.78, 5) is 30.0. The van der Waals surface area contributed by atoms with Crippen LogP contribution in [0, 0.1) is 0 Å². The predicted molar refractivity (Wildman–Crippen MR) is 99.6 cm³/mol. The summed E-state index contributed by atoms with van der Waals surface area (Å²) in [5, 5.41) is 0. The van der Waals surface area contributed by atoms with Gasteiger partial charge in [0.2, 0.25) is 0 Å². The number of aryl methyl sites for hydroxylation is 1. The zero-order chi connectivity index (χ0) is 18.1. The van der Waals surface area contributed by atoms with Crippen LogP contribution < -0.4 is 11.2 Å². The first-order valence-electron chi connectivity index (χ1n) is 8.41. The Labute approximate surface area is 145 Å². The van der Waals surface area contributed by atoms with E-state index in [9.17, 15) is 9.59 Å². The Morgan fingerprint density at radius 3 is 2.44 bits per heavy atom. The fourth-order valence-electron chi connectivity index (χ4n) is 2.95. The van der Waals surface area contributed by atoms with Crippen LogP contribution in [0.2, 0.25) is 0 Å². The van der Waals surface area contributed by atoms with Crippen LogP contribution in [-0.4, -0.2) is 18.7 Å². The molecular formula is C19H22N4O2. The maximum Gasteiger partial charge on any atom is 0.337 e. The van der Waals surface area contributed by atoms with Gasteiger partial charge in [-0.05, 0) is 30.5 Å². The van der Waals surface area contributed by atoms with Gasteiger partial charge in [-0.25, -0.2) is 14.3 Å². The second-order valence-corrected chi connectivity index (χ2v) is 6.27. The number of benzene rings is 1. The van der Waals surface area contributed by atoms with Gasteiger partial charge < -0.3 is 4.57 Å². The molecule has 0 unspecified atom stereocenters. The minimum absolute atomic E-state index is 0.159. The summed E-state index contributed by atoms with van der Waals surface area (Å²) in [7, 11) is 0. The zero-order valence-corrected chi connectivity index (χ0v) is 14.8. The van der Waals surface area contributed by atoms with Crippen molar-refractivity contribution in [2.75, 3.05) is 0 Å². The Kier molecular flexibility index (Phi) is 4.44. The predicted octanol–water partition coefficient (Wildman–Crippen LogP) is 2.68. The van der Waals surface area contributed by atoms with Crippen molar-refractivity contribution >= 4 is 11.2 Å². The standard InChI is InChI=1S/C19H22N4O2/c1-5-11-22-18(24)16-17(20-12-21(16)6-2)23(19(22)25)15-9-7-14(8-10-15)13(3)4/h5,7-10,12-13H,1,6,11H2,2-4H3. The fourth-order valence-corrected chi connectivity index (χ4v) is 2.95. The van der Waals surface area contributed by atoms with Gasteiger partial charge in [-0.3, -0.25) is 9.36 Å². The Balaban J connectivity index is 2.37. The van der Waals surface area contributed by atoms with Gasteiger partial charge in [0.05, 0.1) is 12.0 Å². The highest BCUT2D eigenvalue weighted by molar-refractivity contribution is 5.72. The quantitative estimate of drug-likeness (QED) is 0.672. The third kappa shape index (κ3) is 2.73. The summed E-state index contributed by atoms with van der Waals surface area (Å²) in [6, 6.07) is 7.78. The molecule has 3 aromatic rings. The van der Waals surface area contributed by atoms with Gasteiger partial charge in [-0.15, -0.1) is 6.58 Å². The van der Waals surface area contributed by atoms with E-state index in [1.807, 2.05) is 31.2 Å². The first-order valence-corrected chi connectivity index (χ1v) is 8.41. The van der Waals surface area contributed by atoms with Gasteiger partial charge in [-0.1, -0.05) is 32.1 Å². The van der Waals surface area contributed by atoms with Gasteiger partial charge >= 0.3 is 5.69 Å². The van der Waals surface area contributed by atoms with E-state index in [1.165, 1.54) is 14.7 Å². The molecule has 0 amide bonds. The van der Waals surface area contributed by atoms with Crippen molar-refractivity contribution in [2.45, 2.75) is 39.8 Å². The molecule has 0 spiro atoms. The van der Waals surface area contributed by atoms with Crippen LogP contribution >= 0.6 is 0 Å². The zero-order valence-electron chi connectivity index (χ0n) is 14.8. The van der Waals surface area contributed by atoms with Gasteiger partial charge in [0.1, 0.15) is 0 Å². The van der Waals surface area contributed by atoms with Crippen LogP contribution in [-0.2, 0) is 13.1 Å². The average molecular weight is 338 g/mol. The van der Waals surface area contributed by atoms with Gasteiger partial charge in [0, 0.05) is 13.1 Å². The number of rotatable bonds is 5. The molecule has 2 aromatic heterocycles. The average Bonchev–Trinajstić information content (AvgIpc) is 3.03. The monoisotopic (exact) mass is 338 g/mol. The molecule has 3 rings (SSSR count). The number of aromatic nitrogens is 4. The maximum absolute atomic E-state index is 12.9. The molecule has 0 atom stereocenters. The highest BCUT2D eigenvalue weighted by atomic mass is 16.2. The summed E-state index contributed by atoms with van der Waals surface area (Å²) >= 11 is 0. The molecule has 25 heavy (non-hydrogen) atoms. The number of fused-ring (bicyclic) bond motifs is 1. The van der Waals surface area contributed by atoms with Crippen molar-refractivity contribution < 1.29 is 0 Å². The molecule has 6 nitrogen and oxygen atoms in total. The molecule has 0 radical (unpaired) electrons. The number of imidazole rings is 1. The van der Waals surface area contributed by atoms with Crippen LogP contribution in [0.4, 0.5) is 0 Å². The molecule has 2 heterocycles. The lowest BCUT2D eigenvalue weighted by Gasteiger charge is -2.12. The second-order valence-electron chi connectivity index (χ2n) is 6.27. The molecule has 0 saturated carbocycles. The Morgan fingerprint density at radius 1 is 1.20 bits per heavy atom. The smallest absolute Gasteiger partial charge is 0.325 e. The minimum Gasteiger partial charge on any atom is -0.325 e. The summed E-state index contributed by atoms with van der Waals surface area (Å²) in [6.07, 6.45) is 3.15. The summed E-state index contributed by atoms with van der Waals surface area (Å²) in [6.45, 7) is 10.6. The minimum atomic E-state index is -0.406. The molecule has 0 aliphatic rings. The molecule has 0 saturated heterocycles. The lowest BCUT2D eigenvalue weighted by Crippen LogP contribution is -2.39. The topological polar surface area (TPSA) is 61.8 Å². The second kappa shape index (κ2) is 6.55. The van der Waals surface area contributed by atoms with E-state index < -0.39 is 5.69 Å². The molecule has 0 aliphatic heterocycles. The van der Waals surface area contributed by atoms with E-state index >= 15 is 0 Å². The van der Waals surface area contributed by atoms with Crippen LogP contribution in [0.1, 0.15) is 32.3 Å². The van der Waals surface area contributed by atoms with E-state index in [-0.39, 0.29) is 12.1 Å². The van der Waals surface area contributed by atoms with Crippen LogP contribution in [0.5, 0.6) is 0 Å². The van der Waals surface area contributed by atoms with Gasteiger partial charge in [-0.2, -0.15) is 0 Å². The van der Waals surface area contributed by atoms with Crippen LogP contribution in [0.3, 0.4) is 0 Å². The lowest BCUT2D eigenvalue weighted by molar-refractivity contribution is 0.687. The summed E-state index contributed by atoms with van der Waals surface area (Å²) in [5.74, 6) is 0.403. The molecular weight excluding hydrogens is 316 g/mol. The van der Waals surface area contributed by atoms with Crippen molar-refractivity contribution in [3.63, 3.8) is 0 Å². The van der Waals surface area contributed by atoms with E-state index in [0.29, 0.717) is 29.3 Å².